The van der Waals surface area contributed by atoms with E-state index in [9.17, 15) is 4.79 Å². The second kappa shape index (κ2) is 7.65. The molecule has 2 N–H and O–H groups in total. The Morgan fingerprint density at radius 2 is 1.87 bits per heavy atom. The Balaban J connectivity index is 1.59. The van der Waals surface area contributed by atoms with Gasteiger partial charge < -0.3 is 20.1 Å². The lowest BCUT2D eigenvalue weighted by Gasteiger charge is -2.15. The number of urea groups is 1. The number of anilines is 2. The third-order valence-electron chi connectivity index (χ3n) is 3.62. The molecule has 0 aromatic heterocycles. The summed E-state index contributed by atoms with van der Waals surface area (Å²) in [6.45, 7) is 1.30. The molecule has 3 rings (SSSR count). The Bertz CT molecular complexity index is 640. The lowest BCUT2D eigenvalue weighted by molar-refractivity contribution is 0.0682. The fourth-order valence-corrected chi connectivity index (χ4v) is 2.46. The van der Waals surface area contributed by atoms with E-state index in [0.717, 1.165) is 25.1 Å². The fraction of sp³-hybridized carbons (Fsp3) is 0.278. The number of carbonyl (C=O) groups is 1. The maximum atomic E-state index is 12.1. The van der Waals surface area contributed by atoms with Crippen molar-refractivity contribution in [3.8, 4) is 5.75 Å². The molecule has 2 aromatic carbocycles. The van der Waals surface area contributed by atoms with Crippen LogP contribution in [0.4, 0.5) is 16.2 Å². The standard InChI is InChI=1S/C18H20N2O3/c21-18(19-14-7-2-1-3-8-14)20-16-10-4-5-11-17(16)23-13-15-9-6-12-22-15/h1-5,7-8,10-11,15H,6,9,12-13H2,(H2,19,20,21). The molecule has 0 saturated carbocycles. The van der Waals surface area contributed by atoms with Crippen LogP contribution in [0.3, 0.4) is 0 Å². The van der Waals surface area contributed by atoms with Crippen molar-refractivity contribution in [1.29, 1.82) is 0 Å². The molecule has 1 saturated heterocycles. The topological polar surface area (TPSA) is 59.6 Å². The zero-order valence-corrected chi connectivity index (χ0v) is 12.8. The molecule has 5 heteroatoms. The summed E-state index contributed by atoms with van der Waals surface area (Å²) in [6, 6.07) is 16.4. The first-order valence-electron chi connectivity index (χ1n) is 7.78. The lowest BCUT2D eigenvalue weighted by atomic mass is 10.2. The number of rotatable bonds is 5. The molecule has 1 fully saturated rings. The molecule has 120 valence electrons. The summed E-state index contributed by atoms with van der Waals surface area (Å²) >= 11 is 0. The maximum absolute atomic E-state index is 12.1. The molecule has 0 spiro atoms. The van der Waals surface area contributed by atoms with Crippen LogP contribution < -0.4 is 15.4 Å². The van der Waals surface area contributed by atoms with E-state index < -0.39 is 0 Å². The first kappa shape index (κ1) is 15.4. The van der Waals surface area contributed by atoms with E-state index in [-0.39, 0.29) is 12.1 Å². The molecule has 5 nitrogen and oxygen atoms in total. The molecule has 1 unspecified atom stereocenters. The van der Waals surface area contributed by atoms with Crippen LogP contribution in [0.15, 0.2) is 54.6 Å². The molecular formula is C18H20N2O3. The van der Waals surface area contributed by atoms with E-state index >= 15 is 0 Å². The van der Waals surface area contributed by atoms with E-state index in [1.165, 1.54) is 0 Å². The molecule has 1 heterocycles. The van der Waals surface area contributed by atoms with Crippen molar-refractivity contribution in [1.82, 2.24) is 0 Å². The normalized spacial score (nSPS) is 16.8. The molecule has 0 radical (unpaired) electrons. The quantitative estimate of drug-likeness (QED) is 0.880. The smallest absolute Gasteiger partial charge is 0.323 e. The molecule has 23 heavy (non-hydrogen) atoms. The first-order chi connectivity index (χ1) is 11.3. The van der Waals surface area contributed by atoms with Gasteiger partial charge in [-0.1, -0.05) is 30.3 Å². The molecular weight excluding hydrogens is 292 g/mol. The summed E-state index contributed by atoms with van der Waals surface area (Å²) in [4.78, 5) is 12.1. The van der Waals surface area contributed by atoms with Crippen molar-refractivity contribution >= 4 is 17.4 Å². The summed E-state index contributed by atoms with van der Waals surface area (Å²) in [5.41, 5.74) is 1.38. The first-order valence-corrected chi connectivity index (χ1v) is 7.78. The van der Waals surface area contributed by atoms with Gasteiger partial charge in [-0.3, -0.25) is 0 Å². The minimum atomic E-state index is -0.302. The largest absolute Gasteiger partial charge is 0.489 e. The van der Waals surface area contributed by atoms with E-state index in [4.69, 9.17) is 9.47 Å². The van der Waals surface area contributed by atoms with Gasteiger partial charge in [-0.2, -0.15) is 0 Å². The molecule has 1 atom stereocenters. The van der Waals surface area contributed by atoms with Gasteiger partial charge in [0.25, 0.3) is 0 Å². The fourth-order valence-electron chi connectivity index (χ4n) is 2.46. The van der Waals surface area contributed by atoms with Crippen LogP contribution in [0.25, 0.3) is 0 Å². The molecule has 2 aromatic rings. The molecule has 0 bridgehead atoms. The zero-order chi connectivity index (χ0) is 15.9. The van der Waals surface area contributed by atoms with Gasteiger partial charge in [0, 0.05) is 12.3 Å². The van der Waals surface area contributed by atoms with Gasteiger partial charge in [0.15, 0.2) is 0 Å². The average Bonchev–Trinajstić information content (AvgIpc) is 3.08. The Morgan fingerprint density at radius 3 is 2.65 bits per heavy atom. The van der Waals surface area contributed by atoms with Crippen LogP contribution in [0, 0.1) is 0 Å². The van der Waals surface area contributed by atoms with Gasteiger partial charge in [0.05, 0.1) is 11.8 Å². The van der Waals surface area contributed by atoms with Gasteiger partial charge in [-0.15, -0.1) is 0 Å². The number of para-hydroxylation sites is 3. The van der Waals surface area contributed by atoms with Crippen molar-refractivity contribution in [2.45, 2.75) is 18.9 Å². The molecule has 1 aliphatic heterocycles. The van der Waals surface area contributed by atoms with Crippen LogP contribution in [0.1, 0.15) is 12.8 Å². The summed E-state index contributed by atoms with van der Waals surface area (Å²) < 4.78 is 11.4. The van der Waals surface area contributed by atoms with Gasteiger partial charge >= 0.3 is 6.03 Å². The highest BCUT2D eigenvalue weighted by Gasteiger charge is 2.17. The highest BCUT2D eigenvalue weighted by Crippen LogP contribution is 2.25. The second-order valence-electron chi connectivity index (χ2n) is 5.39. The Labute approximate surface area is 135 Å². The van der Waals surface area contributed by atoms with Gasteiger partial charge in [-0.25, -0.2) is 4.79 Å². The van der Waals surface area contributed by atoms with E-state index in [1.54, 1.807) is 0 Å². The highest BCUT2D eigenvalue weighted by molar-refractivity contribution is 6.00. The highest BCUT2D eigenvalue weighted by atomic mass is 16.5. The predicted octanol–water partition coefficient (Wildman–Crippen LogP) is 3.89. The Hall–Kier alpha value is -2.53. The number of carbonyl (C=O) groups excluding carboxylic acids is 1. The lowest BCUT2D eigenvalue weighted by Crippen LogP contribution is -2.21. The number of benzene rings is 2. The van der Waals surface area contributed by atoms with Gasteiger partial charge in [0.2, 0.25) is 0 Å². The predicted molar refractivity (Wildman–Crippen MR) is 90.0 cm³/mol. The number of hydrogen-bond donors (Lipinski definition) is 2. The summed E-state index contributed by atoms with van der Waals surface area (Å²) in [6.07, 6.45) is 2.23. The SMILES string of the molecule is O=C(Nc1ccccc1)Nc1ccccc1OCC1CCCO1. The summed E-state index contributed by atoms with van der Waals surface area (Å²) in [5, 5.41) is 5.60. The second-order valence-corrected chi connectivity index (χ2v) is 5.39. The van der Waals surface area contributed by atoms with E-state index in [0.29, 0.717) is 18.0 Å². The maximum Gasteiger partial charge on any atom is 0.323 e. The summed E-state index contributed by atoms with van der Waals surface area (Å²) in [7, 11) is 0. The van der Waals surface area contributed by atoms with Gasteiger partial charge in [-0.05, 0) is 37.1 Å². The van der Waals surface area contributed by atoms with Gasteiger partial charge in [0.1, 0.15) is 12.4 Å². The zero-order valence-electron chi connectivity index (χ0n) is 12.8. The average molecular weight is 312 g/mol. The number of nitrogens with one attached hydrogen (secondary N) is 2. The van der Waals surface area contributed by atoms with E-state index in [2.05, 4.69) is 10.6 Å². The molecule has 0 aliphatic carbocycles. The monoisotopic (exact) mass is 312 g/mol. The van der Waals surface area contributed by atoms with Crippen LogP contribution in [-0.2, 0) is 4.74 Å². The third kappa shape index (κ3) is 4.47. The van der Waals surface area contributed by atoms with Crippen molar-refractivity contribution in [2.24, 2.45) is 0 Å². The van der Waals surface area contributed by atoms with Crippen LogP contribution in [-0.4, -0.2) is 25.3 Å². The minimum absolute atomic E-state index is 0.140. The van der Waals surface area contributed by atoms with Crippen LogP contribution in [0.5, 0.6) is 5.75 Å². The van der Waals surface area contributed by atoms with Crippen molar-refractivity contribution < 1.29 is 14.3 Å². The van der Waals surface area contributed by atoms with Crippen LogP contribution in [0.2, 0.25) is 0 Å². The molecule has 2 amide bonds. The Morgan fingerprint density at radius 1 is 1.09 bits per heavy atom. The number of amides is 2. The van der Waals surface area contributed by atoms with Crippen molar-refractivity contribution in [3.05, 3.63) is 54.6 Å². The third-order valence-corrected chi connectivity index (χ3v) is 3.62. The summed E-state index contributed by atoms with van der Waals surface area (Å²) in [5.74, 6) is 0.645. The Kier molecular flexibility index (Phi) is 5.11. The number of ether oxygens (including phenoxy) is 2. The van der Waals surface area contributed by atoms with Crippen LogP contribution >= 0.6 is 0 Å². The minimum Gasteiger partial charge on any atom is -0.489 e. The van der Waals surface area contributed by atoms with Crippen molar-refractivity contribution in [2.75, 3.05) is 23.8 Å². The number of hydrogen-bond acceptors (Lipinski definition) is 3. The van der Waals surface area contributed by atoms with E-state index in [1.807, 2.05) is 54.6 Å². The van der Waals surface area contributed by atoms with Crippen molar-refractivity contribution in [3.63, 3.8) is 0 Å². The molecule has 1 aliphatic rings.